The minimum absolute atomic E-state index is 0.159. The van der Waals surface area contributed by atoms with Gasteiger partial charge in [-0.3, -0.25) is 0 Å². The van der Waals surface area contributed by atoms with Gasteiger partial charge in [0, 0.05) is 12.2 Å². The van der Waals surface area contributed by atoms with Gasteiger partial charge in [-0.25, -0.2) is 23.1 Å². The minimum atomic E-state index is -3.60. The molecule has 7 heteroatoms. The Morgan fingerprint density at radius 3 is 2.59 bits per heavy atom. The molecule has 6 nitrogen and oxygen atoms in total. The summed E-state index contributed by atoms with van der Waals surface area (Å²) in [4.78, 5) is 9.51. The third kappa shape index (κ3) is 4.36. The fourth-order valence-corrected chi connectivity index (χ4v) is 5.17. The summed E-state index contributed by atoms with van der Waals surface area (Å²) < 4.78 is 30.5. The lowest BCUT2D eigenvalue weighted by Gasteiger charge is -2.25. The van der Waals surface area contributed by atoms with Crippen molar-refractivity contribution in [2.75, 3.05) is 0 Å². The van der Waals surface area contributed by atoms with E-state index in [0.717, 1.165) is 48.2 Å². The highest BCUT2D eigenvalue weighted by atomic mass is 32.2. The van der Waals surface area contributed by atoms with Crippen LogP contribution in [0.3, 0.4) is 0 Å². The SMILES string of the molecule is CCCc1ccc(S(=O)(=O)NCc2nc3cccnc3n2C2CCCCC2)cc1. The Hall–Kier alpha value is -2.25. The van der Waals surface area contributed by atoms with Crippen LogP contribution in [0.1, 0.15) is 62.9 Å². The average molecular weight is 413 g/mol. The maximum absolute atomic E-state index is 12.8. The van der Waals surface area contributed by atoms with Gasteiger partial charge in [0.25, 0.3) is 0 Å². The zero-order valence-electron chi connectivity index (χ0n) is 16.8. The first-order valence-electron chi connectivity index (χ1n) is 10.5. The highest BCUT2D eigenvalue weighted by Crippen LogP contribution is 2.32. The monoisotopic (exact) mass is 412 g/mol. The number of hydrogen-bond acceptors (Lipinski definition) is 4. The maximum atomic E-state index is 12.8. The summed E-state index contributed by atoms with van der Waals surface area (Å²) in [7, 11) is -3.60. The molecule has 4 rings (SSSR count). The van der Waals surface area contributed by atoms with Gasteiger partial charge in [0.05, 0.1) is 11.4 Å². The standard InChI is InChI=1S/C22H28N4O2S/c1-2-7-17-11-13-19(14-12-17)29(27,28)24-16-21-25-20-10-6-15-23-22(20)26(21)18-8-4-3-5-9-18/h6,10-15,18,24H,2-5,7-9,16H2,1H3. The van der Waals surface area contributed by atoms with Crippen molar-refractivity contribution >= 4 is 21.2 Å². The average Bonchev–Trinajstić information content (AvgIpc) is 3.12. The molecule has 1 aliphatic carbocycles. The van der Waals surface area contributed by atoms with Crippen LogP contribution < -0.4 is 4.72 Å². The summed E-state index contributed by atoms with van der Waals surface area (Å²) in [5.74, 6) is 0.733. The molecular formula is C22H28N4O2S. The molecule has 0 spiro atoms. The zero-order valence-corrected chi connectivity index (χ0v) is 17.7. The highest BCUT2D eigenvalue weighted by molar-refractivity contribution is 7.89. The van der Waals surface area contributed by atoms with Crippen LogP contribution >= 0.6 is 0 Å². The normalized spacial score (nSPS) is 15.8. The van der Waals surface area contributed by atoms with Crippen LogP contribution in [0.5, 0.6) is 0 Å². The quantitative estimate of drug-likeness (QED) is 0.625. The molecule has 1 N–H and O–H groups in total. The second kappa shape index (κ2) is 8.63. The molecular weight excluding hydrogens is 384 g/mol. The second-order valence-corrected chi connectivity index (χ2v) is 9.52. The van der Waals surface area contributed by atoms with Crippen LogP contribution in [-0.2, 0) is 23.0 Å². The largest absolute Gasteiger partial charge is 0.308 e. The molecule has 154 valence electrons. The van der Waals surface area contributed by atoms with Crippen LogP contribution in [0, 0.1) is 0 Å². The Kier molecular flexibility index (Phi) is 5.96. The van der Waals surface area contributed by atoms with Gasteiger partial charge in [-0.1, -0.05) is 44.7 Å². The van der Waals surface area contributed by atoms with E-state index in [1.807, 2.05) is 24.3 Å². The van der Waals surface area contributed by atoms with Crippen molar-refractivity contribution < 1.29 is 8.42 Å². The molecule has 0 unspecified atom stereocenters. The molecule has 0 aliphatic heterocycles. The highest BCUT2D eigenvalue weighted by Gasteiger charge is 2.23. The molecule has 1 aromatic carbocycles. The Morgan fingerprint density at radius 1 is 1.10 bits per heavy atom. The van der Waals surface area contributed by atoms with Crippen molar-refractivity contribution in [3.63, 3.8) is 0 Å². The van der Waals surface area contributed by atoms with Gasteiger partial charge in [-0.05, 0) is 49.1 Å². The van der Waals surface area contributed by atoms with Crippen molar-refractivity contribution in [2.24, 2.45) is 0 Å². The first kappa shape index (κ1) is 20.0. The van der Waals surface area contributed by atoms with E-state index in [-0.39, 0.29) is 11.4 Å². The van der Waals surface area contributed by atoms with Crippen LogP contribution in [0.25, 0.3) is 11.2 Å². The first-order chi connectivity index (χ1) is 14.1. The molecule has 1 aliphatic rings. The number of pyridine rings is 1. The number of imidazole rings is 1. The Morgan fingerprint density at radius 2 is 1.86 bits per heavy atom. The van der Waals surface area contributed by atoms with E-state index < -0.39 is 10.0 Å². The third-order valence-corrected chi connectivity index (χ3v) is 7.07. The fraction of sp³-hybridized carbons (Fsp3) is 0.455. The van der Waals surface area contributed by atoms with E-state index in [0.29, 0.717) is 6.04 Å². The second-order valence-electron chi connectivity index (χ2n) is 7.75. The van der Waals surface area contributed by atoms with Gasteiger partial charge in [-0.15, -0.1) is 0 Å². The number of benzene rings is 1. The summed E-state index contributed by atoms with van der Waals surface area (Å²) in [5.41, 5.74) is 2.81. The predicted molar refractivity (Wildman–Crippen MR) is 114 cm³/mol. The molecule has 0 saturated heterocycles. The maximum Gasteiger partial charge on any atom is 0.240 e. The molecule has 0 radical (unpaired) electrons. The van der Waals surface area contributed by atoms with Gasteiger partial charge in [0.1, 0.15) is 11.3 Å². The van der Waals surface area contributed by atoms with Crippen molar-refractivity contribution in [3.05, 3.63) is 54.0 Å². The number of aryl methyl sites for hydroxylation is 1. The summed E-state index contributed by atoms with van der Waals surface area (Å²) in [5, 5.41) is 0. The number of hydrogen-bond donors (Lipinski definition) is 1. The molecule has 0 amide bonds. The van der Waals surface area contributed by atoms with Crippen LogP contribution in [0.4, 0.5) is 0 Å². The molecule has 2 aromatic heterocycles. The summed E-state index contributed by atoms with van der Waals surface area (Å²) >= 11 is 0. The van der Waals surface area contributed by atoms with E-state index in [1.165, 1.54) is 19.3 Å². The van der Waals surface area contributed by atoms with E-state index in [2.05, 4.69) is 21.2 Å². The summed E-state index contributed by atoms with van der Waals surface area (Å²) in [6.45, 7) is 2.27. The number of aromatic nitrogens is 3. The lowest BCUT2D eigenvalue weighted by Crippen LogP contribution is -2.26. The molecule has 0 bridgehead atoms. The molecule has 2 heterocycles. The molecule has 29 heavy (non-hydrogen) atoms. The predicted octanol–water partition coefficient (Wildman–Crippen LogP) is 4.37. The van der Waals surface area contributed by atoms with E-state index in [1.54, 1.807) is 18.3 Å². The van der Waals surface area contributed by atoms with Crippen molar-refractivity contribution in [2.45, 2.75) is 69.4 Å². The van der Waals surface area contributed by atoms with Gasteiger partial charge in [-0.2, -0.15) is 0 Å². The molecule has 1 saturated carbocycles. The van der Waals surface area contributed by atoms with E-state index in [4.69, 9.17) is 4.98 Å². The third-order valence-electron chi connectivity index (χ3n) is 5.65. The van der Waals surface area contributed by atoms with Gasteiger partial charge >= 0.3 is 0 Å². The van der Waals surface area contributed by atoms with Gasteiger partial charge in [0.15, 0.2) is 5.65 Å². The zero-order chi connectivity index (χ0) is 20.3. The van der Waals surface area contributed by atoms with Crippen LogP contribution in [-0.4, -0.2) is 23.0 Å². The Labute approximate surface area is 172 Å². The summed E-state index contributed by atoms with van der Waals surface area (Å²) in [6.07, 6.45) is 9.56. The minimum Gasteiger partial charge on any atom is -0.308 e. The van der Waals surface area contributed by atoms with Crippen molar-refractivity contribution in [3.8, 4) is 0 Å². The molecule has 1 fully saturated rings. The number of fused-ring (bicyclic) bond motifs is 1. The Balaban J connectivity index is 1.58. The molecule has 0 atom stereocenters. The van der Waals surface area contributed by atoms with Gasteiger partial charge in [0.2, 0.25) is 10.0 Å². The smallest absolute Gasteiger partial charge is 0.240 e. The van der Waals surface area contributed by atoms with E-state index >= 15 is 0 Å². The number of nitrogens with zero attached hydrogens (tertiary/aromatic N) is 3. The fourth-order valence-electron chi connectivity index (χ4n) is 4.19. The van der Waals surface area contributed by atoms with Crippen LogP contribution in [0.2, 0.25) is 0 Å². The van der Waals surface area contributed by atoms with Gasteiger partial charge < -0.3 is 4.57 Å². The summed E-state index contributed by atoms with van der Waals surface area (Å²) in [6, 6.07) is 11.3. The van der Waals surface area contributed by atoms with Crippen molar-refractivity contribution in [1.29, 1.82) is 0 Å². The number of sulfonamides is 1. The van der Waals surface area contributed by atoms with E-state index in [9.17, 15) is 8.42 Å². The Bertz CT molecular complexity index is 1070. The number of rotatable bonds is 7. The lowest BCUT2D eigenvalue weighted by atomic mass is 9.95. The first-order valence-corrected chi connectivity index (χ1v) is 12.0. The topological polar surface area (TPSA) is 76.9 Å². The van der Waals surface area contributed by atoms with Crippen LogP contribution in [0.15, 0.2) is 47.5 Å². The number of nitrogens with one attached hydrogen (secondary N) is 1. The molecule has 3 aromatic rings. The van der Waals surface area contributed by atoms with Crippen molar-refractivity contribution in [1.82, 2.24) is 19.3 Å². The lowest BCUT2D eigenvalue weighted by molar-refractivity contribution is 0.350.